The van der Waals surface area contributed by atoms with E-state index in [1.54, 1.807) is 0 Å². The summed E-state index contributed by atoms with van der Waals surface area (Å²) >= 11 is 3.61. The molecule has 0 aromatic carbocycles. The second-order valence-corrected chi connectivity index (χ2v) is 3.05. The van der Waals surface area contributed by atoms with Crippen LogP contribution in [-0.2, 0) is 9.22 Å². The molecule has 0 aliphatic carbocycles. The molecule has 0 aromatic rings. The van der Waals surface area contributed by atoms with Crippen molar-refractivity contribution >= 4 is 27.5 Å². The molecule has 0 bridgehead atoms. The maximum Gasteiger partial charge on any atom is 0.230 e. The minimum atomic E-state index is -0.0535. The Morgan fingerprint density at radius 3 is 2.89 bits per heavy atom. The summed E-state index contributed by atoms with van der Waals surface area (Å²) < 4.78 is 5.03. The number of rotatable bonds is 5. The van der Waals surface area contributed by atoms with Crippen molar-refractivity contribution in [3.05, 3.63) is 0 Å². The van der Waals surface area contributed by atoms with Gasteiger partial charge in [0, 0.05) is 13.0 Å². The molecule has 52 valence electrons. The van der Waals surface area contributed by atoms with Crippen LogP contribution in [0.15, 0.2) is 0 Å². The lowest BCUT2D eigenvalue weighted by Gasteiger charge is -1.94. The van der Waals surface area contributed by atoms with E-state index in [-0.39, 0.29) is 5.12 Å². The Hall–Kier alpha value is 0.197. The zero-order chi connectivity index (χ0) is 7.11. The summed E-state index contributed by atoms with van der Waals surface area (Å²) in [4.78, 5) is 10.2. The van der Waals surface area contributed by atoms with Gasteiger partial charge in [0.1, 0.15) is 0 Å². The van der Waals surface area contributed by atoms with Gasteiger partial charge >= 0.3 is 0 Å². The van der Waals surface area contributed by atoms with Crippen molar-refractivity contribution in [3.8, 4) is 0 Å². The van der Waals surface area contributed by atoms with E-state index < -0.39 is 0 Å². The molecule has 9 heavy (non-hydrogen) atoms. The van der Waals surface area contributed by atoms with Crippen LogP contribution in [0.3, 0.4) is 0 Å². The fraction of sp³-hybridized carbons (Fsp3) is 0.800. The SMILES string of the molecule is CCO[Si]CCC(=O)S. The first-order valence-electron chi connectivity index (χ1n) is 2.83. The summed E-state index contributed by atoms with van der Waals surface area (Å²) in [7, 11) is 0.455. The molecule has 2 nitrogen and oxygen atoms in total. The van der Waals surface area contributed by atoms with E-state index in [9.17, 15) is 4.79 Å². The average molecular weight is 162 g/mol. The highest BCUT2D eigenvalue weighted by Crippen LogP contribution is 1.93. The van der Waals surface area contributed by atoms with E-state index in [1.165, 1.54) is 0 Å². The molecule has 2 radical (unpaired) electrons. The number of hydrogen-bond acceptors (Lipinski definition) is 2. The van der Waals surface area contributed by atoms with Gasteiger partial charge in [0.15, 0.2) is 5.12 Å². The Balaban J connectivity index is 2.83. The van der Waals surface area contributed by atoms with E-state index in [0.717, 1.165) is 12.7 Å². The zero-order valence-corrected chi connectivity index (χ0v) is 7.28. The third-order valence-electron chi connectivity index (χ3n) is 0.687. The van der Waals surface area contributed by atoms with Crippen molar-refractivity contribution in [1.82, 2.24) is 0 Å². The van der Waals surface area contributed by atoms with Crippen LogP contribution >= 0.6 is 12.6 Å². The summed E-state index contributed by atoms with van der Waals surface area (Å²) in [5.41, 5.74) is 0. The summed E-state index contributed by atoms with van der Waals surface area (Å²) in [6.45, 7) is 2.68. The first-order valence-corrected chi connectivity index (χ1v) is 4.40. The van der Waals surface area contributed by atoms with Crippen LogP contribution in [0.2, 0.25) is 6.04 Å². The molecule has 0 saturated carbocycles. The van der Waals surface area contributed by atoms with Crippen molar-refractivity contribution in [2.75, 3.05) is 6.61 Å². The third-order valence-corrected chi connectivity index (χ3v) is 1.86. The topological polar surface area (TPSA) is 26.3 Å². The maximum absolute atomic E-state index is 10.2. The van der Waals surface area contributed by atoms with Crippen molar-refractivity contribution in [3.63, 3.8) is 0 Å². The van der Waals surface area contributed by atoms with Gasteiger partial charge in [-0.05, 0) is 13.0 Å². The Kier molecular flexibility index (Phi) is 6.46. The molecular weight excluding hydrogens is 152 g/mol. The van der Waals surface area contributed by atoms with E-state index >= 15 is 0 Å². The van der Waals surface area contributed by atoms with Crippen LogP contribution in [0.25, 0.3) is 0 Å². The smallest absolute Gasteiger partial charge is 0.230 e. The minimum Gasteiger partial charge on any atom is -0.418 e. The van der Waals surface area contributed by atoms with E-state index in [4.69, 9.17) is 4.43 Å². The number of carbonyl (C=O) groups excluding carboxylic acids is 1. The summed E-state index contributed by atoms with van der Waals surface area (Å²) in [6.07, 6.45) is 0.529. The summed E-state index contributed by atoms with van der Waals surface area (Å²) in [6, 6.07) is 0.816. The van der Waals surface area contributed by atoms with E-state index in [2.05, 4.69) is 12.6 Å². The lowest BCUT2D eigenvalue weighted by Crippen LogP contribution is -1.98. The molecule has 4 heteroatoms. The molecule has 0 amide bonds. The Morgan fingerprint density at radius 1 is 1.78 bits per heavy atom. The molecule has 0 heterocycles. The van der Waals surface area contributed by atoms with Gasteiger partial charge < -0.3 is 4.43 Å². The summed E-state index contributed by atoms with van der Waals surface area (Å²) in [5.74, 6) is 0. The highest BCUT2D eigenvalue weighted by atomic mass is 32.1. The van der Waals surface area contributed by atoms with Gasteiger partial charge in [-0.25, -0.2) is 0 Å². The van der Waals surface area contributed by atoms with Crippen LogP contribution in [0.1, 0.15) is 13.3 Å². The minimum absolute atomic E-state index is 0.0535. The first-order chi connectivity index (χ1) is 4.27. The molecular formula is C5H10O2SSi. The monoisotopic (exact) mass is 162 g/mol. The molecule has 0 unspecified atom stereocenters. The molecule has 0 atom stereocenters. The fourth-order valence-electron chi connectivity index (χ4n) is 0.332. The summed E-state index contributed by atoms with van der Waals surface area (Å²) in [5, 5.41) is -0.0535. The predicted octanol–water partition coefficient (Wildman–Crippen LogP) is 0.907. The Labute approximate surface area is 63.3 Å². The zero-order valence-electron chi connectivity index (χ0n) is 5.39. The lowest BCUT2D eigenvalue weighted by molar-refractivity contribution is -0.110. The van der Waals surface area contributed by atoms with Crippen LogP contribution in [0.5, 0.6) is 0 Å². The van der Waals surface area contributed by atoms with Crippen molar-refractivity contribution < 1.29 is 9.22 Å². The van der Waals surface area contributed by atoms with Gasteiger partial charge in [-0.15, -0.1) is 12.6 Å². The van der Waals surface area contributed by atoms with Gasteiger partial charge in [-0.1, -0.05) is 0 Å². The fourth-order valence-corrected chi connectivity index (χ4v) is 1.33. The number of hydrogen-bond donors (Lipinski definition) is 1. The van der Waals surface area contributed by atoms with Crippen LogP contribution < -0.4 is 0 Å². The highest BCUT2D eigenvalue weighted by molar-refractivity contribution is 7.96. The second kappa shape index (κ2) is 6.32. The maximum atomic E-state index is 10.2. The normalized spacial score (nSPS) is 9.56. The average Bonchev–Trinajstić information content (AvgIpc) is 1.80. The molecule has 0 aliphatic heterocycles. The van der Waals surface area contributed by atoms with Gasteiger partial charge in [0.2, 0.25) is 9.76 Å². The standard InChI is InChI=1S/C5H10O2SSi/c1-2-7-9-4-3-5(6)8/h2-4H2,1H3,(H,6,8). The molecule has 0 aliphatic rings. The largest absolute Gasteiger partial charge is 0.418 e. The van der Waals surface area contributed by atoms with Crippen LogP contribution in [0.4, 0.5) is 0 Å². The lowest BCUT2D eigenvalue weighted by atomic mass is 10.5. The molecule has 0 fully saturated rings. The van der Waals surface area contributed by atoms with Gasteiger partial charge in [0.25, 0.3) is 0 Å². The first kappa shape index (κ1) is 9.20. The van der Waals surface area contributed by atoms with Gasteiger partial charge in [0.05, 0.1) is 0 Å². The molecule has 0 rings (SSSR count). The van der Waals surface area contributed by atoms with E-state index in [1.807, 2.05) is 6.92 Å². The number of thiol groups is 1. The van der Waals surface area contributed by atoms with E-state index in [0.29, 0.717) is 16.2 Å². The van der Waals surface area contributed by atoms with Crippen molar-refractivity contribution in [2.24, 2.45) is 0 Å². The Bertz CT molecular complexity index is 87.0. The van der Waals surface area contributed by atoms with Gasteiger partial charge in [-0.2, -0.15) is 0 Å². The highest BCUT2D eigenvalue weighted by Gasteiger charge is 1.94. The van der Waals surface area contributed by atoms with Crippen LogP contribution in [-0.4, -0.2) is 21.5 Å². The quantitative estimate of drug-likeness (QED) is 0.369. The van der Waals surface area contributed by atoms with Crippen molar-refractivity contribution in [2.45, 2.75) is 19.4 Å². The van der Waals surface area contributed by atoms with Gasteiger partial charge in [-0.3, -0.25) is 4.79 Å². The Morgan fingerprint density at radius 2 is 2.44 bits per heavy atom. The predicted molar refractivity (Wildman–Crippen MR) is 40.8 cm³/mol. The van der Waals surface area contributed by atoms with Crippen molar-refractivity contribution in [1.29, 1.82) is 0 Å². The molecule has 0 aromatic heterocycles. The molecule has 0 saturated heterocycles. The number of carbonyl (C=O) groups is 1. The molecule has 0 spiro atoms. The van der Waals surface area contributed by atoms with Crippen LogP contribution in [0, 0.1) is 0 Å². The molecule has 0 N–H and O–H groups in total. The second-order valence-electron chi connectivity index (χ2n) is 1.47. The third kappa shape index (κ3) is 8.20.